The Hall–Kier alpha value is -0.380. The Morgan fingerprint density at radius 2 is 2.31 bits per heavy atom. The van der Waals surface area contributed by atoms with E-state index in [-0.39, 0.29) is 0 Å². The lowest BCUT2D eigenvalue weighted by Crippen LogP contribution is -2.42. The molecule has 0 spiro atoms. The van der Waals surface area contributed by atoms with Crippen LogP contribution in [0.5, 0.6) is 0 Å². The van der Waals surface area contributed by atoms with Gasteiger partial charge in [0, 0.05) is 23.6 Å². The number of hydrogen-bond donors (Lipinski definition) is 0. The zero-order valence-corrected chi connectivity index (χ0v) is 11.5. The normalized spacial score (nSPS) is 22.3. The van der Waals surface area contributed by atoms with Gasteiger partial charge in [0.15, 0.2) is 0 Å². The molecule has 1 heterocycles. The van der Waals surface area contributed by atoms with E-state index in [9.17, 15) is 0 Å². The molecule has 0 bridgehead atoms. The summed E-state index contributed by atoms with van der Waals surface area (Å²) in [6.07, 6.45) is 0. The lowest BCUT2D eigenvalue weighted by molar-refractivity contribution is -0.00437. The highest BCUT2D eigenvalue weighted by molar-refractivity contribution is 9.10. The van der Waals surface area contributed by atoms with E-state index in [0.29, 0.717) is 6.04 Å². The molecular weight excluding hydrogens is 266 g/mol. The van der Waals surface area contributed by atoms with Crippen LogP contribution < -0.4 is 0 Å². The Kier molecular flexibility index (Phi) is 4.00. The van der Waals surface area contributed by atoms with Gasteiger partial charge in [-0.3, -0.25) is 4.90 Å². The smallest absolute Gasteiger partial charge is 0.0619 e. The summed E-state index contributed by atoms with van der Waals surface area (Å²) < 4.78 is 6.64. The van der Waals surface area contributed by atoms with Crippen LogP contribution in [0.4, 0.5) is 0 Å². The van der Waals surface area contributed by atoms with E-state index in [1.54, 1.807) is 0 Å². The van der Waals surface area contributed by atoms with E-state index >= 15 is 0 Å². The summed E-state index contributed by atoms with van der Waals surface area (Å²) in [6, 6.07) is 7.12. The molecule has 0 saturated carbocycles. The van der Waals surface area contributed by atoms with Gasteiger partial charge in [-0.15, -0.1) is 0 Å². The average molecular weight is 284 g/mol. The molecule has 1 aliphatic heterocycles. The van der Waals surface area contributed by atoms with Gasteiger partial charge in [0.1, 0.15) is 0 Å². The first-order valence-electron chi connectivity index (χ1n) is 5.73. The van der Waals surface area contributed by atoms with Crippen molar-refractivity contribution >= 4 is 15.9 Å². The second-order valence-corrected chi connectivity index (χ2v) is 5.33. The molecule has 1 aliphatic rings. The van der Waals surface area contributed by atoms with Crippen molar-refractivity contribution in [1.82, 2.24) is 4.90 Å². The first kappa shape index (κ1) is 12.1. The van der Waals surface area contributed by atoms with Crippen molar-refractivity contribution in [3.63, 3.8) is 0 Å². The van der Waals surface area contributed by atoms with Crippen LogP contribution >= 0.6 is 15.9 Å². The maximum absolute atomic E-state index is 5.44. The molecule has 1 saturated heterocycles. The molecule has 0 aliphatic carbocycles. The summed E-state index contributed by atoms with van der Waals surface area (Å²) in [5.74, 6) is 0. The number of halogens is 1. The van der Waals surface area contributed by atoms with Gasteiger partial charge in [-0.05, 0) is 31.0 Å². The molecule has 0 N–H and O–H groups in total. The van der Waals surface area contributed by atoms with Crippen molar-refractivity contribution in [1.29, 1.82) is 0 Å². The fraction of sp³-hybridized carbons (Fsp3) is 0.538. The third-order valence-corrected chi connectivity index (χ3v) is 3.98. The van der Waals surface area contributed by atoms with Gasteiger partial charge in [0.25, 0.3) is 0 Å². The summed E-state index contributed by atoms with van der Waals surface area (Å²) in [6.45, 7) is 8.11. The highest BCUT2D eigenvalue weighted by atomic mass is 79.9. The predicted octanol–water partition coefficient (Wildman–Crippen LogP) is 2.98. The number of benzene rings is 1. The van der Waals surface area contributed by atoms with Crippen LogP contribution in [0.2, 0.25) is 0 Å². The Morgan fingerprint density at radius 3 is 3.00 bits per heavy atom. The Labute approximate surface area is 106 Å². The number of nitrogens with zero attached hydrogens (tertiary/aromatic N) is 1. The number of ether oxygens (including phenoxy) is 1. The predicted molar refractivity (Wildman–Crippen MR) is 69.6 cm³/mol. The molecule has 2 nitrogen and oxygen atoms in total. The van der Waals surface area contributed by atoms with Crippen LogP contribution in [0, 0.1) is 6.92 Å². The number of morpholine rings is 1. The Morgan fingerprint density at radius 1 is 1.50 bits per heavy atom. The van der Waals surface area contributed by atoms with Gasteiger partial charge < -0.3 is 4.74 Å². The van der Waals surface area contributed by atoms with E-state index in [2.05, 4.69) is 52.9 Å². The van der Waals surface area contributed by atoms with Crippen molar-refractivity contribution in [3.05, 3.63) is 33.8 Å². The molecule has 1 aromatic carbocycles. The van der Waals surface area contributed by atoms with Crippen LogP contribution in [0.3, 0.4) is 0 Å². The van der Waals surface area contributed by atoms with Crippen LogP contribution in [-0.2, 0) is 11.3 Å². The van der Waals surface area contributed by atoms with E-state index in [1.165, 1.54) is 15.6 Å². The Bertz CT molecular complexity index is 367. The lowest BCUT2D eigenvalue weighted by atomic mass is 10.1. The monoisotopic (exact) mass is 283 g/mol. The van der Waals surface area contributed by atoms with E-state index < -0.39 is 0 Å². The summed E-state index contributed by atoms with van der Waals surface area (Å²) in [4.78, 5) is 2.47. The molecule has 0 amide bonds. The van der Waals surface area contributed by atoms with Crippen molar-refractivity contribution in [2.24, 2.45) is 0 Å². The Balaban J connectivity index is 2.05. The highest BCUT2D eigenvalue weighted by Crippen LogP contribution is 2.19. The number of rotatable bonds is 2. The van der Waals surface area contributed by atoms with Crippen molar-refractivity contribution < 1.29 is 4.74 Å². The quantitative estimate of drug-likeness (QED) is 0.828. The topological polar surface area (TPSA) is 12.5 Å². The highest BCUT2D eigenvalue weighted by Gasteiger charge is 2.18. The molecule has 1 aromatic rings. The molecule has 88 valence electrons. The van der Waals surface area contributed by atoms with Crippen LogP contribution in [-0.4, -0.2) is 30.7 Å². The minimum atomic E-state index is 0.522. The summed E-state index contributed by atoms with van der Waals surface area (Å²) in [5, 5.41) is 0. The number of hydrogen-bond acceptors (Lipinski definition) is 2. The summed E-state index contributed by atoms with van der Waals surface area (Å²) >= 11 is 3.58. The van der Waals surface area contributed by atoms with Gasteiger partial charge in [0.2, 0.25) is 0 Å². The van der Waals surface area contributed by atoms with Crippen LogP contribution in [0.25, 0.3) is 0 Å². The standard InChI is InChI=1S/C13H18BrNO/c1-10-3-4-12(7-13(10)14)8-15-5-6-16-9-11(15)2/h3-4,7,11H,5-6,8-9H2,1-2H3/t11-/m1/s1. The molecular formula is C13H18BrNO. The molecule has 0 radical (unpaired) electrons. The molecule has 0 aromatic heterocycles. The first-order chi connectivity index (χ1) is 7.66. The van der Waals surface area contributed by atoms with Crippen LogP contribution in [0.15, 0.2) is 22.7 Å². The molecule has 0 unspecified atom stereocenters. The van der Waals surface area contributed by atoms with Crippen molar-refractivity contribution in [2.75, 3.05) is 19.8 Å². The maximum Gasteiger partial charge on any atom is 0.0619 e. The lowest BCUT2D eigenvalue weighted by Gasteiger charge is -2.33. The van der Waals surface area contributed by atoms with Gasteiger partial charge in [0.05, 0.1) is 13.2 Å². The first-order valence-corrected chi connectivity index (χ1v) is 6.53. The van der Waals surface area contributed by atoms with Gasteiger partial charge in [-0.25, -0.2) is 0 Å². The van der Waals surface area contributed by atoms with Gasteiger partial charge in [-0.2, -0.15) is 0 Å². The fourth-order valence-corrected chi connectivity index (χ4v) is 2.39. The minimum absolute atomic E-state index is 0.522. The molecule has 16 heavy (non-hydrogen) atoms. The van der Waals surface area contributed by atoms with Crippen molar-refractivity contribution in [3.8, 4) is 0 Å². The SMILES string of the molecule is Cc1ccc(CN2CCOC[C@H]2C)cc1Br. The van der Waals surface area contributed by atoms with E-state index in [4.69, 9.17) is 4.74 Å². The summed E-state index contributed by atoms with van der Waals surface area (Å²) in [7, 11) is 0. The third-order valence-electron chi connectivity index (χ3n) is 3.13. The van der Waals surface area contributed by atoms with Gasteiger partial charge >= 0.3 is 0 Å². The summed E-state index contributed by atoms with van der Waals surface area (Å²) in [5.41, 5.74) is 2.66. The van der Waals surface area contributed by atoms with E-state index in [0.717, 1.165) is 26.3 Å². The van der Waals surface area contributed by atoms with Crippen molar-refractivity contribution in [2.45, 2.75) is 26.4 Å². The van der Waals surface area contributed by atoms with Crippen LogP contribution in [0.1, 0.15) is 18.1 Å². The average Bonchev–Trinajstić information content (AvgIpc) is 2.27. The second kappa shape index (κ2) is 5.30. The fourth-order valence-electron chi connectivity index (χ4n) is 1.97. The molecule has 3 heteroatoms. The van der Waals surface area contributed by atoms with Gasteiger partial charge in [-0.1, -0.05) is 28.1 Å². The van der Waals surface area contributed by atoms with E-state index in [1.807, 2.05) is 0 Å². The molecule has 1 atom stereocenters. The molecule has 2 rings (SSSR count). The largest absolute Gasteiger partial charge is 0.379 e. The zero-order chi connectivity index (χ0) is 11.5. The number of aryl methyl sites for hydroxylation is 1. The third kappa shape index (κ3) is 2.84. The molecule has 1 fully saturated rings. The zero-order valence-electron chi connectivity index (χ0n) is 9.87. The minimum Gasteiger partial charge on any atom is -0.379 e. The second-order valence-electron chi connectivity index (χ2n) is 4.48. The maximum atomic E-state index is 5.44.